The normalized spacial score (nSPS) is 16.9. The maximum atomic E-state index is 14.8. The lowest BCUT2D eigenvalue weighted by molar-refractivity contribution is -0.195. The van der Waals surface area contributed by atoms with Crippen LogP contribution < -0.4 is 0 Å². The van der Waals surface area contributed by atoms with Gasteiger partial charge < -0.3 is 19.7 Å². The molecule has 0 bridgehead atoms. The Morgan fingerprint density at radius 1 is 0.688 bits per heavy atom. The first-order chi connectivity index (χ1) is 31.4. The van der Waals surface area contributed by atoms with Crippen molar-refractivity contribution in [3.63, 3.8) is 0 Å². The van der Waals surface area contributed by atoms with E-state index in [1.807, 2.05) is 107 Å². The molecule has 0 heterocycles. The molecule has 5 aromatic carbocycles. The van der Waals surface area contributed by atoms with E-state index in [0.717, 1.165) is 84.7 Å². The molecule has 346 valence electrons. The molecule has 2 aliphatic rings. The molecule has 7 rings (SSSR count). The molecule has 5 atom stereocenters. The Kier molecular flexibility index (Phi) is 27.3. The van der Waals surface area contributed by atoms with Gasteiger partial charge >= 0.3 is 0 Å². The molecule has 64 heavy (non-hydrogen) atoms. The quantitative estimate of drug-likeness (QED) is 0.0721. The lowest BCUT2D eigenvalue weighted by Gasteiger charge is -2.40. The Labute approximate surface area is 391 Å². The third kappa shape index (κ3) is 18.6. The van der Waals surface area contributed by atoms with E-state index in [1.165, 1.54) is 11.1 Å². The summed E-state index contributed by atoms with van der Waals surface area (Å²) >= 11 is 7.22. The zero-order valence-corrected chi connectivity index (χ0v) is 40.2. The number of benzene rings is 5. The average Bonchev–Trinajstić information content (AvgIpc) is 3.36. The predicted molar refractivity (Wildman–Crippen MR) is 268 cm³/mol. The van der Waals surface area contributed by atoms with E-state index in [0.29, 0.717) is 19.4 Å². The lowest BCUT2D eigenvalue weighted by atomic mass is 9.74. The minimum absolute atomic E-state index is 0.0259. The minimum atomic E-state index is -0.410. The van der Waals surface area contributed by atoms with E-state index in [4.69, 9.17) is 31.3 Å². The molecule has 5 aromatic rings. The Bertz CT molecular complexity index is 1960. The van der Waals surface area contributed by atoms with Crippen molar-refractivity contribution in [1.29, 1.82) is 0 Å². The fraction of sp³-hybridized carbons (Fsp3) is 0.414. The van der Waals surface area contributed by atoms with Crippen LogP contribution >= 0.6 is 11.6 Å². The summed E-state index contributed by atoms with van der Waals surface area (Å²) < 4.78 is 28.5. The van der Waals surface area contributed by atoms with E-state index in [2.05, 4.69) is 79.7 Å². The van der Waals surface area contributed by atoms with Crippen molar-refractivity contribution in [3.05, 3.63) is 202 Å². The second-order valence-corrected chi connectivity index (χ2v) is 16.2. The van der Waals surface area contributed by atoms with Crippen molar-refractivity contribution in [1.82, 2.24) is 0 Å². The monoisotopic (exact) mass is 891 g/mol. The standard InChI is InChI=1S/C40H48ClFO2.2C7H8O.2C2H6/c1-3-14-34(20-13-19-29-15-7-5-8-16-29)44-40(43-28-30-17-9-6-10-18-30)37-27-33(39(41)36-22-12-11-21-35(36)37)25-31-23-24-32(4-2)38(42)26-31;2*8-6-7-4-2-1-3-5-7;2*1-2/h6-7,9-12,15-18,21-24,26,33-34,37,39-40H,3-5,8,13-14,19-20,25,27-28H2,1-2H3;2*1-5,8H,6H2;2*1-2H3. The number of hydrogen-bond donors (Lipinski definition) is 2. The van der Waals surface area contributed by atoms with Gasteiger partial charge in [-0.1, -0.05) is 199 Å². The molecular formula is C58H76ClFO4. The summed E-state index contributed by atoms with van der Waals surface area (Å²) in [6.07, 6.45) is 16.4. The summed E-state index contributed by atoms with van der Waals surface area (Å²) in [6, 6.07) is 43.6. The highest BCUT2D eigenvalue weighted by atomic mass is 35.5. The molecule has 0 amide bonds. The van der Waals surface area contributed by atoms with Gasteiger partial charge in [0.25, 0.3) is 0 Å². The third-order valence-electron chi connectivity index (χ3n) is 11.3. The summed E-state index contributed by atoms with van der Waals surface area (Å²) in [6.45, 7) is 13.0. The van der Waals surface area contributed by atoms with Gasteiger partial charge in [-0.25, -0.2) is 4.39 Å². The number of aliphatic hydroxyl groups is 2. The van der Waals surface area contributed by atoms with Crippen molar-refractivity contribution in [3.8, 4) is 0 Å². The second-order valence-electron chi connectivity index (χ2n) is 15.8. The van der Waals surface area contributed by atoms with Gasteiger partial charge in [0.2, 0.25) is 0 Å². The summed E-state index contributed by atoms with van der Waals surface area (Å²) in [4.78, 5) is 0. The smallest absolute Gasteiger partial charge is 0.165 e. The van der Waals surface area contributed by atoms with Crippen LogP contribution in [0.3, 0.4) is 0 Å². The van der Waals surface area contributed by atoms with E-state index in [-0.39, 0.29) is 42.3 Å². The Hall–Kier alpha value is -4.36. The van der Waals surface area contributed by atoms with Gasteiger partial charge in [-0.15, -0.1) is 11.6 Å². The molecule has 5 unspecified atom stereocenters. The maximum absolute atomic E-state index is 14.8. The van der Waals surface area contributed by atoms with Gasteiger partial charge in [-0.2, -0.15) is 0 Å². The number of halogens is 2. The number of rotatable bonds is 17. The topological polar surface area (TPSA) is 58.9 Å². The van der Waals surface area contributed by atoms with Crippen LogP contribution in [0.1, 0.15) is 143 Å². The van der Waals surface area contributed by atoms with Crippen molar-refractivity contribution < 1.29 is 24.1 Å². The third-order valence-corrected chi connectivity index (χ3v) is 11.9. The highest BCUT2D eigenvalue weighted by Crippen LogP contribution is 2.48. The number of allylic oxidation sites excluding steroid dienone is 4. The molecule has 0 spiro atoms. The number of aryl methyl sites for hydroxylation is 1. The molecule has 4 nitrogen and oxygen atoms in total. The highest BCUT2D eigenvalue weighted by molar-refractivity contribution is 6.21. The summed E-state index contributed by atoms with van der Waals surface area (Å²) in [5.74, 6) is 0.0284. The predicted octanol–water partition coefficient (Wildman–Crippen LogP) is 15.6. The van der Waals surface area contributed by atoms with Crippen LogP contribution in [0.4, 0.5) is 4.39 Å². The molecule has 0 saturated heterocycles. The number of fused-ring (bicyclic) bond motifs is 1. The molecule has 0 radical (unpaired) electrons. The molecule has 2 N–H and O–H groups in total. The minimum Gasteiger partial charge on any atom is -0.392 e. The summed E-state index contributed by atoms with van der Waals surface area (Å²) in [5, 5.41) is 16.9. The van der Waals surface area contributed by atoms with Crippen LogP contribution in [0.5, 0.6) is 0 Å². The number of aliphatic hydroxyl groups excluding tert-OH is 2. The second kappa shape index (κ2) is 32.3. The zero-order valence-electron chi connectivity index (χ0n) is 39.5. The first-order valence-corrected chi connectivity index (χ1v) is 24.3. The van der Waals surface area contributed by atoms with E-state index >= 15 is 0 Å². The fourth-order valence-electron chi connectivity index (χ4n) is 8.03. The number of hydrogen-bond acceptors (Lipinski definition) is 4. The summed E-state index contributed by atoms with van der Waals surface area (Å²) in [7, 11) is 0. The van der Waals surface area contributed by atoms with Crippen LogP contribution in [-0.2, 0) is 42.1 Å². The molecule has 2 aliphatic carbocycles. The largest absolute Gasteiger partial charge is 0.392 e. The molecular weight excluding hydrogens is 815 g/mol. The van der Waals surface area contributed by atoms with Gasteiger partial charge in [0.1, 0.15) is 5.82 Å². The van der Waals surface area contributed by atoms with Crippen LogP contribution in [0, 0.1) is 11.7 Å². The molecule has 0 fully saturated rings. The molecule has 0 saturated carbocycles. The molecule has 6 heteroatoms. The van der Waals surface area contributed by atoms with Gasteiger partial charge in [0.05, 0.1) is 31.3 Å². The Morgan fingerprint density at radius 2 is 1.27 bits per heavy atom. The maximum Gasteiger partial charge on any atom is 0.165 e. The van der Waals surface area contributed by atoms with Crippen molar-refractivity contribution >= 4 is 11.6 Å². The van der Waals surface area contributed by atoms with Crippen molar-refractivity contribution in [2.75, 3.05) is 0 Å². The zero-order chi connectivity index (χ0) is 46.4. The fourth-order valence-corrected chi connectivity index (χ4v) is 8.42. The number of ether oxygens (including phenoxy) is 2. The Balaban J connectivity index is 0.000000448. The van der Waals surface area contributed by atoms with Gasteiger partial charge in [0, 0.05) is 5.92 Å². The van der Waals surface area contributed by atoms with Crippen LogP contribution in [0.25, 0.3) is 0 Å². The highest BCUT2D eigenvalue weighted by Gasteiger charge is 2.39. The first kappa shape index (κ1) is 54.0. The average molecular weight is 892 g/mol. The molecule has 0 aromatic heterocycles. The van der Waals surface area contributed by atoms with Crippen LogP contribution in [0.15, 0.2) is 157 Å². The Morgan fingerprint density at radius 3 is 1.78 bits per heavy atom. The van der Waals surface area contributed by atoms with Gasteiger partial charge in [0.15, 0.2) is 6.29 Å². The van der Waals surface area contributed by atoms with E-state index < -0.39 is 6.29 Å². The first-order valence-electron chi connectivity index (χ1n) is 23.9. The summed E-state index contributed by atoms with van der Waals surface area (Å²) in [5.41, 5.74) is 8.60. The van der Waals surface area contributed by atoms with Crippen molar-refractivity contribution in [2.45, 2.75) is 149 Å². The van der Waals surface area contributed by atoms with E-state index in [9.17, 15) is 4.39 Å². The molecule has 0 aliphatic heterocycles. The van der Waals surface area contributed by atoms with Gasteiger partial charge in [-0.3, -0.25) is 0 Å². The number of alkyl halides is 1. The van der Waals surface area contributed by atoms with E-state index in [1.54, 1.807) is 6.07 Å². The SMILES string of the molecule is CC.CC.CCCC(CCCC1=CCCC=C1)OC(OCc1ccccc1)C1CC(Cc2ccc(CC)c(F)c2)C(Cl)c2ccccc21.OCc1ccccc1.OCc1ccccc1. The van der Waals surface area contributed by atoms with Crippen LogP contribution in [0.2, 0.25) is 0 Å². The van der Waals surface area contributed by atoms with Crippen LogP contribution in [-0.4, -0.2) is 22.6 Å². The van der Waals surface area contributed by atoms with Gasteiger partial charge in [-0.05, 0) is 109 Å². The van der Waals surface area contributed by atoms with Crippen molar-refractivity contribution in [2.24, 2.45) is 5.92 Å². The lowest BCUT2D eigenvalue weighted by Crippen LogP contribution is -2.35.